The Kier molecular flexibility index (Phi) is 6.53. The van der Waals surface area contributed by atoms with Gasteiger partial charge in [0.2, 0.25) is 5.91 Å². The first-order valence-corrected chi connectivity index (χ1v) is 11.3. The first kappa shape index (κ1) is 22.0. The fourth-order valence-corrected chi connectivity index (χ4v) is 4.43. The zero-order valence-corrected chi connectivity index (χ0v) is 19.0. The Morgan fingerprint density at radius 3 is 2.53 bits per heavy atom. The Morgan fingerprint density at radius 2 is 1.81 bits per heavy atom. The number of hydrogen-bond acceptors (Lipinski definition) is 5. The zero-order valence-electron chi connectivity index (χ0n) is 19.0. The molecule has 0 atom stereocenters. The number of aryl methyl sites for hydroxylation is 3. The largest absolute Gasteiger partial charge is 0.427 e. The van der Waals surface area contributed by atoms with Crippen molar-refractivity contribution in [2.24, 2.45) is 5.92 Å². The number of anilines is 1. The molecular formula is C25H30N4O3. The van der Waals surface area contributed by atoms with Gasteiger partial charge in [-0.2, -0.15) is 5.10 Å². The van der Waals surface area contributed by atoms with E-state index in [1.54, 1.807) is 24.3 Å². The summed E-state index contributed by atoms with van der Waals surface area (Å²) in [5, 5.41) is 7.45. The van der Waals surface area contributed by atoms with Crippen LogP contribution in [-0.4, -0.2) is 26.5 Å². The lowest BCUT2D eigenvalue weighted by atomic mass is 9.88. The molecule has 1 aliphatic rings. The van der Waals surface area contributed by atoms with Crippen molar-refractivity contribution < 1.29 is 14.3 Å². The molecule has 0 aliphatic heterocycles. The van der Waals surface area contributed by atoms with E-state index in [0.717, 1.165) is 59.7 Å². The van der Waals surface area contributed by atoms with Crippen molar-refractivity contribution >= 4 is 23.2 Å². The van der Waals surface area contributed by atoms with E-state index in [4.69, 9.17) is 4.74 Å². The predicted octanol–water partition coefficient (Wildman–Crippen LogP) is 4.71. The maximum atomic E-state index is 12.4. The molecule has 1 N–H and O–H groups in total. The Morgan fingerprint density at radius 1 is 1.09 bits per heavy atom. The van der Waals surface area contributed by atoms with Crippen LogP contribution < -0.4 is 10.1 Å². The number of nitrogens with one attached hydrogen (secondary N) is 1. The first-order valence-electron chi connectivity index (χ1n) is 11.3. The number of rotatable bonds is 6. The highest BCUT2D eigenvalue weighted by atomic mass is 16.5. The zero-order chi connectivity index (χ0) is 22.7. The molecule has 4 rings (SSSR count). The van der Waals surface area contributed by atoms with Crippen molar-refractivity contribution in [3.63, 3.8) is 0 Å². The van der Waals surface area contributed by atoms with E-state index in [1.165, 1.54) is 6.42 Å². The third kappa shape index (κ3) is 4.98. The van der Waals surface area contributed by atoms with Crippen molar-refractivity contribution in [2.75, 3.05) is 5.32 Å². The van der Waals surface area contributed by atoms with Crippen LogP contribution in [0.4, 0.5) is 5.69 Å². The average molecular weight is 435 g/mol. The molecule has 0 bridgehead atoms. The monoisotopic (exact) mass is 434 g/mol. The fourth-order valence-electron chi connectivity index (χ4n) is 4.43. The van der Waals surface area contributed by atoms with Crippen molar-refractivity contribution in [1.29, 1.82) is 0 Å². The maximum Gasteiger partial charge on any atom is 0.311 e. The number of fused-ring (bicyclic) bond motifs is 1. The number of carbonyl (C=O) groups excluding carboxylic acids is 2. The molecule has 1 aromatic carbocycles. The van der Waals surface area contributed by atoms with Crippen molar-refractivity contribution in [2.45, 2.75) is 65.7 Å². The molecule has 0 unspecified atom stereocenters. The minimum absolute atomic E-state index is 0.0816. The van der Waals surface area contributed by atoms with Crippen LogP contribution in [-0.2, 0) is 16.0 Å². The van der Waals surface area contributed by atoms with Crippen molar-refractivity contribution in [3.05, 3.63) is 53.0 Å². The van der Waals surface area contributed by atoms with E-state index >= 15 is 0 Å². The van der Waals surface area contributed by atoms with Gasteiger partial charge in [-0.3, -0.25) is 9.59 Å². The van der Waals surface area contributed by atoms with Gasteiger partial charge in [0.05, 0.1) is 12.1 Å². The van der Waals surface area contributed by atoms with Gasteiger partial charge >= 0.3 is 5.97 Å². The number of aromatic nitrogens is 3. The van der Waals surface area contributed by atoms with E-state index < -0.39 is 0 Å². The summed E-state index contributed by atoms with van der Waals surface area (Å²) in [4.78, 5) is 29.4. The standard InChI is InChI=1S/C25H30N4O3/c1-16-15-23-26-17(2)22(18(3)29(23)28-16)13-14-24(30)32-21-11-9-20(10-12-21)27-25(31)19-7-5-4-6-8-19/h9-12,15,19H,4-8,13-14H2,1-3H3,(H,27,31). The summed E-state index contributed by atoms with van der Waals surface area (Å²) < 4.78 is 7.31. The smallest absolute Gasteiger partial charge is 0.311 e. The lowest BCUT2D eigenvalue weighted by Crippen LogP contribution is -2.24. The fraction of sp³-hybridized carbons (Fsp3) is 0.440. The third-order valence-corrected chi connectivity index (χ3v) is 6.19. The van der Waals surface area contributed by atoms with Gasteiger partial charge in [0.1, 0.15) is 5.75 Å². The minimum Gasteiger partial charge on any atom is -0.427 e. The van der Waals surface area contributed by atoms with Crippen LogP contribution in [0.5, 0.6) is 5.75 Å². The molecule has 3 aromatic rings. The van der Waals surface area contributed by atoms with Crippen LogP contribution in [0.1, 0.15) is 61.2 Å². The van der Waals surface area contributed by atoms with Gasteiger partial charge < -0.3 is 10.1 Å². The highest BCUT2D eigenvalue weighted by molar-refractivity contribution is 5.92. The van der Waals surface area contributed by atoms with Gasteiger partial charge in [-0.15, -0.1) is 0 Å². The quantitative estimate of drug-likeness (QED) is 0.448. The number of ether oxygens (including phenoxy) is 1. The van der Waals surface area contributed by atoms with E-state index in [2.05, 4.69) is 15.4 Å². The number of nitrogens with zero attached hydrogens (tertiary/aromatic N) is 3. The Balaban J connectivity index is 1.32. The second-order valence-corrected chi connectivity index (χ2v) is 8.64. The summed E-state index contributed by atoms with van der Waals surface area (Å²) in [5.41, 5.74) is 5.36. The lowest BCUT2D eigenvalue weighted by Gasteiger charge is -2.20. The van der Waals surface area contributed by atoms with Crippen LogP contribution in [0.3, 0.4) is 0 Å². The Labute approximate surface area is 188 Å². The third-order valence-electron chi connectivity index (χ3n) is 6.19. The van der Waals surface area contributed by atoms with Crippen LogP contribution in [0.25, 0.3) is 5.65 Å². The van der Waals surface area contributed by atoms with Crippen molar-refractivity contribution in [3.8, 4) is 5.75 Å². The van der Waals surface area contributed by atoms with Crippen LogP contribution in [0.15, 0.2) is 30.3 Å². The minimum atomic E-state index is -0.306. The Hall–Kier alpha value is -3.22. The van der Waals surface area contributed by atoms with Gasteiger partial charge in [0.25, 0.3) is 0 Å². The number of hydrogen-bond donors (Lipinski definition) is 1. The topological polar surface area (TPSA) is 85.6 Å². The van der Waals surface area contributed by atoms with E-state index in [-0.39, 0.29) is 24.2 Å². The van der Waals surface area contributed by atoms with Crippen molar-refractivity contribution in [1.82, 2.24) is 14.6 Å². The molecule has 1 aliphatic carbocycles. The molecule has 7 heteroatoms. The SMILES string of the molecule is Cc1cc2nc(C)c(CCC(=O)Oc3ccc(NC(=O)C4CCCCC4)cc3)c(C)n2n1. The maximum absolute atomic E-state index is 12.4. The van der Waals surface area contributed by atoms with Crippen LogP contribution in [0, 0.1) is 26.7 Å². The highest BCUT2D eigenvalue weighted by Gasteiger charge is 2.21. The molecule has 0 saturated heterocycles. The Bertz CT molecular complexity index is 1130. The van der Waals surface area contributed by atoms with Gasteiger partial charge in [0.15, 0.2) is 5.65 Å². The highest BCUT2D eigenvalue weighted by Crippen LogP contribution is 2.25. The number of benzene rings is 1. The molecule has 1 fully saturated rings. The molecule has 7 nitrogen and oxygen atoms in total. The molecule has 32 heavy (non-hydrogen) atoms. The summed E-state index contributed by atoms with van der Waals surface area (Å²) in [6, 6.07) is 8.92. The molecule has 0 spiro atoms. The number of carbonyl (C=O) groups is 2. The van der Waals surface area contributed by atoms with Gasteiger partial charge in [-0.25, -0.2) is 9.50 Å². The summed E-state index contributed by atoms with van der Waals surface area (Å²) in [7, 11) is 0. The second-order valence-electron chi connectivity index (χ2n) is 8.64. The molecule has 1 amide bonds. The normalized spacial score (nSPS) is 14.5. The number of esters is 1. The summed E-state index contributed by atoms with van der Waals surface area (Å²) in [6.07, 6.45) is 6.17. The van der Waals surface area contributed by atoms with E-state index in [0.29, 0.717) is 12.2 Å². The molecule has 1 saturated carbocycles. The van der Waals surface area contributed by atoms with E-state index in [9.17, 15) is 9.59 Å². The molecule has 168 valence electrons. The molecule has 2 aromatic heterocycles. The number of amides is 1. The van der Waals surface area contributed by atoms with Gasteiger partial charge in [-0.05, 0) is 69.9 Å². The molecule has 0 radical (unpaired) electrons. The molecule has 2 heterocycles. The van der Waals surface area contributed by atoms with Crippen LogP contribution in [0.2, 0.25) is 0 Å². The summed E-state index contributed by atoms with van der Waals surface area (Å²) >= 11 is 0. The van der Waals surface area contributed by atoms with Crippen LogP contribution >= 0.6 is 0 Å². The second kappa shape index (κ2) is 9.51. The van der Waals surface area contributed by atoms with Gasteiger partial charge in [0, 0.05) is 29.1 Å². The summed E-state index contributed by atoms with van der Waals surface area (Å²) in [5.74, 6) is 0.348. The average Bonchev–Trinajstić information content (AvgIpc) is 3.15. The first-order chi connectivity index (χ1) is 15.4. The lowest BCUT2D eigenvalue weighted by molar-refractivity contribution is -0.134. The molecular weight excluding hydrogens is 404 g/mol. The van der Waals surface area contributed by atoms with Gasteiger partial charge in [-0.1, -0.05) is 19.3 Å². The van der Waals surface area contributed by atoms with E-state index in [1.807, 2.05) is 31.4 Å². The summed E-state index contributed by atoms with van der Waals surface area (Å²) in [6.45, 7) is 5.89. The predicted molar refractivity (Wildman–Crippen MR) is 123 cm³/mol.